The number of benzene rings is 1. The van der Waals surface area contributed by atoms with E-state index in [4.69, 9.17) is 21.1 Å². The molecule has 0 unspecified atom stereocenters. The molecule has 0 fully saturated rings. The standard InChI is InChI=1S/C12H15ClO3/c1-2-3-7-15-12(14)9-16-11-6-4-5-10(13)8-11/h4-6,8H,2-3,7,9H2,1H3. The first-order chi connectivity index (χ1) is 7.72. The number of hydrogen-bond acceptors (Lipinski definition) is 3. The van der Waals surface area contributed by atoms with Crippen molar-refractivity contribution in [3.8, 4) is 5.75 Å². The van der Waals surface area contributed by atoms with Crippen LogP contribution in [0.15, 0.2) is 24.3 Å². The van der Waals surface area contributed by atoms with Gasteiger partial charge in [-0.25, -0.2) is 4.79 Å². The highest BCUT2D eigenvalue weighted by molar-refractivity contribution is 6.30. The lowest BCUT2D eigenvalue weighted by atomic mass is 10.3. The Hall–Kier alpha value is -1.22. The van der Waals surface area contributed by atoms with Gasteiger partial charge in [0, 0.05) is 5.02 Å². The van der Waals surface area contributed by atoms with E-state index in [-0.39, 0.29) is 12.6 Å². The zero-order chi connectivity index (χ0) is 11.8. The zero-order valence-corrected chi connectivity index (χ0v) is 10.00. The van der Waals surface area contributed by atoms with Gasteiger partial charge in [-0.3, -0.25) is 0 Å². The van der Waals surface area contributed by atoms with E-state index in [2.05, 4.69) is 0 Å². The molecule has 4 heteroatoms. The van der Waals surface area contributed by atoms with Crippen molar-refractivity contribution in [2.24, 2.45) is 0 Å². The van der Waals surface area contributed by atoms with Crippen molar-refractivity contribution in [3.63, 3.8) is 0 Å². The van der Waals surface area contributed by atoms with Crippen molar-refractivity contribution < 1.29 is 14.3 Å². The van der Waals surface area contributed by atoms with Gasteiger partial charge in [-0.2, -0.15) is 0 Å². The number of rotatable bonds is 6. The monoisotopic (exact) mass is 242 g/mol. The molecule has 0 atom stereocenters. The fourth-order valence-electron chi connectivity index (χ4n) is 1.07. The Labute approximate surface area is 100 Å². The molecule has 0 amide bonds. The van der Waals surface area contributed by atoms with Crippen LogP contribution < -0.4 is 4.74 Å². The van der Waals surface area contributed by atoms with E-state index in [9.17, 15) is 4.79 Å². The van der Waals surface area contributed by atoms with E-state index >= 15 is 0 Å². The number of esters is 1. The first-order valence-corrected chi connectivity index (χ1v) is 5.64. The molecule has 0 radical (unpaired) electrons. The largest absolute Gasteiger partial charge is 0.482 e. The highest BCUT2D eigenvalue weighted by atomic mass is 35.5. The van der Waals surface area contributed by atoms with E-state index in [1.807, 2.05) is 6.92 Å². The Bertz CT molecular complexity index is 339. The number of hydrogen-bond donors (Lipinski definition) is 0. The van der Waals surface area contributed by atoms with Crippen LogP contribution in [-0.2, 0) is 9.53 Å². The van der Waals surface area contributed by atoms with Crippen LogP contribution in [0, 0.1) is 0 Å². The van der Waals surface area contributed by atoms with Crippen molar-refractivity contribution >= 4 is 17.6 Å². The molecular weight excluding hydrogens is 228 g/mol. The topological polar surface area (TPSA) is 35.5 Å². The van der Waals surface area contributed by atoms with E-state index < -0.39 is 0 Å². The third-order valence-electron chi connectivity index (χ3n) is 1.91. The van der Waals surface area contributed by atoms with Crippen LogP contribution >= 0.6 is 11.6 Å². The maximum absolute atomic E-state index is 11.2. The van der Waals surface area contributed by atoms with Crippen LogP contribution in [0.5, 0.6) is 5.75 Å². The molecule has 0 saturated carbocycles. The highest BCUT2D eigenvalue weighted by Gasteiger charge is 2.03. The third-order valence-corrected chi connectivity index (χ3v) is 2.15. The molecule has 16 heavy (non-hydrogen) atoms. The van der Waals surface area contributed by atoms with Crippen LogP contribution in [0.2, 0.25) is 5.02 Å². The van der Waals surface area contributed by atoms with Crippen LogP contribution in [0.25, 0.3) is 0 Å². The van der Waals surface area contributed by atoms with Gasteiger partial charge in [0.15, 0.2) is 6.61 Å². The maximum Gasteiger partial charge on any atom is 0.344 e. The Morgan fingerprint density at radius 1 is 1.44 bits per heavy atom. The van der Waals surface area contributed by atoms with Gasteiger partial charge in [-0.05, 0) is 24.6 Å². The van der Waals surface area contributed by atoms with Crippen LogP contribution in [0.1, 0.15) is 19.8 Å². The van der Waals surface area contributed by atoms with E-state index in [0.717, 1.165) is 12.8 Å². The van der Waals surface area contributed by atoms with Gasteiger partial charge in [-0.15, -0.1) is 0 Å². The predicted octanol–water partition coefficient (Wildman–Crippen LogP) is 3.06. The summed E-state index contributed by atoms with van der Waals surface area (Å²) in [5.74, 6) is 0.216. The molecule has 1 aromatic carbocycles. The van der Waals surface area contributed by atoms with Gasteiger partial charge in [-0.1, -0.05) is 31.0 Å². The second kappa shape index (κ2) is 7.12. The van der Waals surface area contributed by atoms with Gasteiger partial charge < -0.3 is 9.47 Å². The number of carbonyl (C=O) groups is 1. The number of unbranched alkanes of at least 4 members (excludes halogenated alkanes) is 1. The number of ether oxygens (including phenoxy) is 2. The lowest BCUT2D eigenvalue weighted by molar-refractivity contribution is -0.146. The Balaban J connectivity index is 2.26. The zero-order valence-electron chi connectivity index (χ0n) is 9.24. The summed E-state index contributed by atoms with van der Waals surface area (Å²) in [7, 11) is 0. The minimum absolute atomic E-state index is 0.0793. The summed E-state index contributed by atoms with van der Waals surface area (Å²) < 4.78 is 10.2. The molecule has 88 valence electrons. The van der Waals surface area contributed by atoms with Crippen LogP contribution in [0.4, 0.5) is 0 Å². The molecule has 0 heterocycles. The Morgan fingerprint density at radius 2 is 2.25 bits per heavy atom. The lowest BCUT2D eigenvalue weighted by Crippen LogP contribution is -2.15. The number of halogens is 1. The molecule has 1 aromatic rings. The second-order valence-electron chi connectivity index (χ2n) is 3.32. The average Bonchev–Trinajstić information content (AvgIpc) is 2.27. The van der Waals surface area contributed by atoms with Crippen LogP contribution in [-0.4, -0.2) is 19.2 Å². The quantitative estimate of drug-likeness (QED) is 0.568. The minimum atomic E-state index is -0.353. The van der Waals surface area contributed by atoms with E-state index in [0.29, 0.717) is 17.4 Å². The number of carbonyl (C=O) groups excluding carboxylic acids is 1. The Morgan fingerprint density at radius 3 is 2.94 bits per heavy atom. The predicted molar refractivity (Wildman–Crippen MR) is 62.8 cm³/mol. The smallest absolute Gasteiger partial charge is 0.344 e. The fraction of sp³-hybridized carbons (Fsp3) is 0.417. The molecule has 0 saturated heterocycles. The lowest BCUT2D eigenvalue weighted by Gasteiger charge is -2.06. The first-order valence-electron chi connectivity index (χ1n) is 5.26. The van der Waals surface area contributed by atoms with Crippen molar-refractivity contribution in [1.29, 1.82) is 0 Å². The van der Waals surface area contributed by atoms with Crippen molar-refractivity contribution in [2.75, 3.05) is 13.2 Å². The third kappa shape index (κ3) is 5.03. The molecule has 3 nitrogen and oxygen atoms in total. The summed E-state index contributed by atoms with van der Waals surface area (Å²) in [6.07, 6.45) is 1.88. The maximum atomic E-state index is 11.2. The molecule has 0 bridgehead atoms. The van der Waals surface area contributed by atoms with Gasteiger partial charge in [0.2, 0.25) is 0 Å². The SMILES string of the molecule is CCCCOC(=O)COc1cccc(Cl)c1. The Kier molecular flexibility index (Phi) is 5.72. The van der Waals surface area contributed by atoms with Crippen LogP contribution in [0.3, 0.4) is 0 Å². The summed E-state index contributed by atoms with van der Waals surface area (Å²) in [5.41, 5.74) is 0. The molecule has 0 aromatic heterocycles. The molecule has 0 N–H and O–H groups in total. The average molecular weight is 243 g/mol. The van der Waals surface area contributed by atoms with Crippen molar-refractivity contribution in [1.82, 2.24) is 0 Å². The van der Waals surface area contributed by atoms with Gasteiger partial charge >= 0.3 is 5.97 Å². The normalized spacial score (nSPS) is 9.88. The second-order valence-corrected chi connectivity index (χ2v) is 3.76. The summed E-state index contributed by atoms with van der Waals surface area (Å²) in [5, 5.41) is 0.580. The van der Waals surface area contributed by atoms with Gasteiger partial charge in [0.1, 0.15) is 5.75 Å². The highest BCUT2D eigenvalue weighted by Crippen LogP contribution is 2.16. The summed E-state index contributed by atoms with van der Waals surface area (Å²) in [4.78, 5) is 11.2. The van der Waals surface area contributed by atoms with E-state index in [1.54, 1.807) is 24.3 Å². The molecule has 0 aliphatic carbocycles. The molecule has 0 aliphatic rings. The molecule has 0 spiro atoms. The summed E-state index contributed by atoms with van der Waals surface area (Å²) in [6, 6.07) is 6.90. The van der Waals surface area contributed by atoms with E-state index in [1.165, 1.54) is 0 Å². The van der Waals surface area contributed by atoms with Crippen molar-refractivity contribution in [3.05, 3.63) is 29.3 Å². The van der Waals surface area contributed by atoms with Gasteiger partial charge in [0.25, 0.3) is 0 Å². The summed E-state index contributed by atoms with van der Waals surface area (Å²) >= 11 is 5.77. The van der Waals surface area contributed by atoms with Gasteiger partial charge in [0.05, 0.1) is 6.61 Å². The minimum Gasteiger partial charge on any atom is -0.482 e. The fourth-order valence-corrected chi connectivity index (χ4v) is 1.25. The molecule has 1 rings (SSSR count). The molecule has 0 aliphatic heterocycles. The van der Waals surface area contributed by atoms with Crippen molar-refractivity contribution in [2.45, 2.75) is 19.8 Å². The molecular formula is C12H15ClO3. The first kappa shape index (κ1) is 12.8. The summed E-state index contributed by atoms with van der Waals surface area (Å²) in [6.45, 7) is 2.41.